The Balaban J connectivity index is 2.16. The van der Waals surface area contributed by atoms with Gasteiger partial charge in [-0.2, -0.15) is 0 Å². The van der Waals surface area contributed by atoms with Crippen molar-refractivity contribution in [3.05, 3.63) is 11.3 Å². The molecule has 1 aromatic rings. The molecular formula is C10H15ClN4O. The fourth-order valence-electron chi connectivity index (χ4n) is 1.70. The second-order valence-electron chi connectivity index (χ2n) is 4.22. The highest BCUT2D eigenvalue weighted by Crippen LogP contribution is 2.30. The lowest BCUT2D eigenvalue weighted by atomic mass is 9.92. The summed E-state index contributed by atoms with van der Waals surface area (Å²) in [6.45, 7) is 3.63. The Morgan fingerprint density at radius 2 is 2.12 bits per heavy atom. The van der Waals surface area contributed by atoms with Gasteiger partial charge < -0.3 is 15.8 Å². The SMILES string of the molecule is CC1(Nc2ncnc(N)c2Cl)CCOCC1. The zero-order valence-corrected chi connectivity index (χ0v) is 9.92. The molecule has 0 radical (unpaired) electrons. The molecule has 16 heavy (non-hydrogen) atoms. The molecular weight excluding hydrogens is 228 g/mol. The third-order valence-corrected chi connectivity index (χ3v) is 3.21. The molecule has 0 aliphatic carbocycles. The summed E-state index contributed by atoms with van der Waals surface area (Å²) in [7, 11) is 0. The van der Waals surface area contributed by atoms with Crippen LogP contribution in [0.3, 0.4) is 0 Å². The van der Waals surface area contributed by atoms with Crippen LogP contribution in [0.5, 0.6) is 0 Å². The number of aromatic nitrogens is 2. The molecule has 6 heteroatoms. The van der Waals surface area contributed by atoms with E-state index >= 15 is 0 Å². The highest BCUT2D eigenvalue weighted by molar-refractivity contribution is 6.35. The molecule has 0 amide bonds. The predicted molar refractivity (Wildman–Crippen MR) is 63.5 cm³/mol. The van der Waals surface area contributed by atoms with Crippen molar-refractivity contribution in [3.8, 4) is 0 Å². The van der Waals surface area contributed by atoms with Gasteiger partial charge in [0.05, 0.1) is 0 Å². The van der Waals surface area contributed by atoms with Crippen molar-refractivity contribution in [3.63, 3.8) is 0 Å². The number of ether oxygens (including phenoxy) is 1. The number of halogens is 1. The molecule has 0 saturated carbocycles. The van der Waals surface area contributed by atoms with Crippen LogP contribution in [0.2, 0.25) is 5.02 Å². The quantitative estimate of drug-likeness (QED) is 0.826. The monoisotopic (exact) mass is 242 g/mol. The van der Waals surface area contributed by atoms with E-state index in [4.69, 9.17) is 22.1 Å². The third-order valence-electron chi connectivity index (χ3n) is 2.83. The van der Waals surface area contributed by atoms with Crippen LogP contribution in [0.1, 0.15) is 19.8 Å². The lowest BCUT2D eigenvalue weighted by molar-refractivity contribution is 0.0657. The van der Waals surface area contributed by atoms with Gasteiger partial charge >= 0.3 is 0 Å². The molecule has 0 unspecified atom stereocenters. The second kappa shape index (κ2) is 4.43. The van der Waals surface area contributed by atoms with Crippen LogP contribution in [0.15, 0.2) is 6.33 Å². The molecule has 0 atom stereocenters. The molecule has 88 valence electrons. The van der Waals surface area contributed by atoms with E-state index in [0.29, 0.717) is 16.7 Å². The number of hydrogen-bond acceptors (Lipinski definition) is 5. The number of rotatable bonds is 2. The Kier molecular flexibility index (Phi) is 3.16. The van der Waals surface area contributed by atoms with Gasteiger partial charge in [-0.1, -0.05) is 11.6 Å². The van der Waals surface area contributed by atoms with Gasteiger partial charge in [-0.15, -0.1) is 0 Å². The van der Waals surface area contributed by atoms with Crippen LogP contribution in [0.25, 0.3) is 0 Å². The van der Waals surface area contributed by atoms with Gasteiger partial charge in [-0.3, -0.25) is 0 Å². The average molecular weight is 243 g/mol. The normalized spacial score (nSPS) is 19.4. The number of nitrogens with two attached hydrogens (primary N) is 1. The molecule has 1 saturated heterocycles. The topological polar surface area (TPSA) is 73.1 Å². The van der Waals surface area contributed by atoms with Crippen LogP contribution >= 0.6 is 11.6 Å². The maximum atomic E-state index is 6.03. The first-order valence-corrected chi connectivity index (χ1v) is 5.60. The van der Waals surface area contributed by atoms with Gasteiger partial charge in [0, 0.05) is 18.8 Å². The first kappa shape index (κ1) is 11.4. The van der Waals surface area contributed by atoms with Gasteiger partial charge in [-0.25, -0.2) is 9.97 Å². The van der Waals surface area contributed by atoms with Crippen LogP contribution in [-0.2, 0) is 4.74 Å². The lowest BCUT2D eigenvalue weighted by Gasteiger charge is -2.35. The van der Waals surface area contributed by atoms with Crippen LogP contribution in [-0.4, -0.2) is 28.7 Å². The minimum atomic E-state index is -0.0390. The molecule has 2 rings (SSSR count). The highest BCUT2D eigenvalue weighted by atomic mass is 35.5. The van der Waals surface area contributed by atoms with E-state index in [0.717, 1.165) is 26.1 Å². The summed E-state index contributed by atoms with van der Waals surface area (Å²) >= 11 is 6.03. The average Bonchev–Trinajstić information content (AvgIpc) is 2.26. The number of hydrogen-bond donors (Lipinski definition) is 2. The van der Waals surface area contributed by atoms with E-state index in [2.05, 4.69) is 22.2 Å². The van der Waals surface area contributed by atoms with E-state index in [-0.39, 0.29) is 5.54 Å². The molecule has 1 aromatic heterocycles. The molecule has 0 spiro atoms. The summed E-state index contributed by atoms with van der Waals surface area (Å²) in [6, 6.07) is 0. The second-order valence-corrected chi connectivity index (χ2v) is 4.60. The molecule has 0 aromatic carbocycles. The summed E-state index contributed by atoms with van der Waals surface area (Å²) in [6.07, 6.45) is 3.26. The van der Waals surface area contributed by atoms with Crippen molar-refractivity contribution in [1.82, 2.24) is 9.97 Å². The minimum Gasteiger partial charge on any atom is -0.382 e. The molecule has 3 N–H and O–H groups in total. The van der Waals surface area contributed by atoms with E-state index < -0.39 is 0 Å². The van der Waals surface area contributed by atoms with E-state index in [9.17, 15) is 0 Å². The highest BCUT2D eigenvalue weighted by Gasteiger charge is 2.28. The summed E-state index contributed by atoms with van der Waals surface area (Å²) in [5.74, 6) is 0.897. The minimum absolute atomic E-state index is 0.0390. The van der Waals surface area contributed by atoms with Crippen LogP contribution < -0.4 is 11.1 Å². The predicted octanol–water partition coefficient (Wildman–Crippen LogP) is 1.69. The number of nitrogens with zero attached hydrogens (tertiary/aromatic N) is 2. The van der Waals surface area contributed by atoms with Crippen molar-refractivity contribution in [2.45, 2.75) is 25.3 Å². The Morgan fingerprint density at radius 1 is 1.44 bits per heavy atom. The van der Waals surface area contributed by atoms with Crippen molar-refractivity contribution < 1.29 is 4.74 Å². The van der Waals surface area contributed by atoms with Crippen molar-refractivity contribution >= 4 is 23.2 Å². The fourth-order valence-corrected chi connectivity index (χ4v) is 1.85. The maximum absolute atomic E-state index is 6.03. The van der Waals surface area contributed by atoms with Gasteiger partial charge in [0.2, 0.25) is 0 Å². The Hall–Kier alpha value is -1.07. The van der Waals surface area contributed by atoms with Crippen LogP contribution in [0, 0.1) is 0 Å². The first-order chi connectivity index (χ1) is 7.61. The van der Waals surface area contributed by atoms with Gasteiger partial charge in [0.25, 0.3) is 0 Å². The molecule has 1 fully saturated rings. The number of nitrogens with one attached hydrogen (secondary N) is 1. The number of nitrogen functional groups attached to an aromatic ring is 1. The maximum Gasteiger partial charge on any atom is 0.150 e. The zero-order valence-electron chi connectivity index (χ0n) is 9.16. The third kappa shape index (κ3) is 2.36. The van der Waals surface area contributed by atoms with Crippen molar-refractivity contribution in [2.24, 2.45) is 0 Å². The van der Waals surface area contributed by atoms with Crippen molar-refractivity contribution in [1.29, 1.82) is 0 Å². The summed E-state index contributed by atoms with van der Waals surface area (Å²) in [4.78, 5) is 7.93. The van der Waals surface area contributed by atoms with Gasteiger partial charge in [0.15, 0.2) is 5.82 Å². The van der Waals surface area contributed by atoms with E-state index in [1.165, 1.54) is 6.33 Å². The molecule has 1 aliphatic rings. The summed E-state index contributed by atoms with van der Waals surface area (Å²) in [5.41, 5.74) is 5.58. The number of anilines is 2. The van der Waals surface area contributed by atoms with Crippen molar-refractivity contribution in [2.75, 3.05) is 24.3 Å². The first-order valence-electron chi connectivity index (χ1n) is 5.23. The Bertz CT molecular complexity index is 379. The lowest BCUT2D eigenvalue weighted by Crippen LogP contribution is -2.41. The summed E-state index contributed by atoms with van der Waals surface area (Å²) in [5, 5.41) is 3.71. The fraction of sp³-hybridized carbons (Fsp3) is 0.600. The molecule has 2 heterocycles. The van der Waals surface area contributed by atoms with Gasteiger partial charge in [0.1, 0.15) is 17.2 Å². The Labute approximate surface area is 99.4 Å². The Morgan fingerprint density at radius 3 is 2.81 bits per heavy atom. The van der Waals surface area contributed by atoms with Crippen LogP contribution in [0.4, 0.5) is 11.6 Å². The molecule has 0 bridgehead atoms. The van der Waals surface area contributed by atoms with E-state index in [1.54, 1.807) is 0 Å². The van der Waals surface area contributed by atoms with E-state index in [1.807, 2.05) is 0 Å². The largest absolute Gasteiger partial charge is 0.382 e. The smallest absolute Gasteiger partial charge is 0.150 e. The molecule has 1 aliphatic heterocycles. The van der Waals surface area contributed by atoms with Gasteiger partial charge in [-0.05, 0) is 19.8 Å². The summed E-state index contributed by atoms with van der Waals surface area (Å²) < 4.78 is 5.33. The molecule has 5 nitrogen and oxygen atoms in total. The zero-order chi connectivity index (χ0) is 11.6. The standard InChI is InChI=1S/C10H15ClN4O/c1-10(2-4-16-5-3-10)15-9-7(11)8(12)13-6-14-9/h6H,2-5H2,1H3,(H3,12,13,14,15).